The fourth-order valence-corrected chi connectivity index (χ4v) is 2.14. The summed E-state index contributed by atoms with van der Waals surface area (Å²) >= 11 is 11.8. The Bertz CT molecular complexity index is 418. The maximum Gasteiger partial charge on any atom is 0.282 e. The Balaban J connectivity index is 2.49. The molecule has 6 heteroatoms. The van der Waals surface area contributed by atoms with Gasteiger partial charge in [-0.3, -0.25) is 4.79 Å². The van der Waals surface area contributed by atoms with Crippen molar-refractivity contribution >= 4 is 34.8 Å². The van der Waals surface area contributed by atoms with Gasteiger partial charge in [0.1, 0.15) is 13.1 Å². The molecule has 4 nitrogen and oxygen atoms in total. The molecule has 0 bridgehead atoms. The zero-order valence-corrected chi connectivity index (χ0v) is 13.0. The van der Waals surface area contributed by atoms with Gasteiger partial charge in [0.2, 0.25) is 0 Å². The van der Waals surface area contributed by atoms with Gasteiger partial charge in [0.15, 0.2) is 6.04 Å². The Morgan fingerprint density at radius 1 is 1.32 bits per heavy atom. The van der Waals surface area contributed by atoms with Gasteiger partial charge >= 0.3 is 0 Å². The van der Waals surface area contributed by atoms with Crippen molar-refractivity contribution < 1.29 is 15.0 Å². The first-order valence-electron chi connectivity index (χ1n) is 6.28. The van der Waals surface area contributed by atoms with Gasteiger partial charge in [-0.05, 0) is 25.1 Å². The number of amides is 1. The summed E-state index contributed by atoms with van der Waals surface area (Å²) in [7, 11) is 4.18. The highest BCUT2D eigenvalue weighted by Gasteiger charge is 2.16. The number of nitrogens with one attached hydrogen (secondary N) is 2. The van der Waals surface area contributed by atoms with Gasteiger partial charge in [-0.1, -0.05) is 23.2 Å². The van der Waals surface area contributed by atoms with Crippen LogP contribution in [0.1, 0.15) is 6.92 Å². The van der Waals surface area contributed by atoms with Crippen molar-refractivity contribution in [1.82, 2.24) is 0 Å². The molecule has 0 saturated carbocycles. The summed E-state index contributed by atoms with van der Waals surface area (Å²) in [6.07, 6.45) is 0. The smallest absolute Gasteiger partial charge is 0.282 e. The SMILES string of the molecule is C[C@H]([NH2+]CC[NH+](C)C)C(=O)Nc1cc(Cl)cc(Cl)c1. The van der Waals surface area contributed by atoms with Gasteiger partial charge in [-0.25, -0.2) is 0 Å². The molecule has 0 spiro atoms. The Morgan fingerprint density at radius 3 is 2.42 bits per heavy atom. The average molecular weight is 306 g/mol. The molecule has 0 unspecified atom stereocenters. The van der Waals surface area contributed by atoms with Crippen molar-refractivity contribution in [2.24, 2.45) is 0 Å². The van der Waals surface area contributed by atoms with Crippen LogP contribution in [0.2, 0.25) is 10.0 Å². The van der Waals surface area contributed by atoms with E-state index in [-0.39, 0.29) is 11.9 Å². The molecule has 1 aromatic carbocycles. The first kappa shape index (κ1) is 16.2. The second kappa shape index (κ2) is 7.70. The quantitative estimate of drug-likeness (QED) is 0.682. The van der Waals surface area contributed by atoms with Gasteiger partial charge in [0.05, 0.1) is 14.1 Å². The first-order chi connectivity index (χ1) is 8.88. The van der Waals surface area contributed by atoms with Crippen LogP contribution in [0, 0.1) is 0 Å². The highest BCUT2D eigenvalue weighted by molar-refractivity contribution is 6.35. The van der Waals surface area contributed by atoms with Crippen LogP contribution in [0.15, 0.2) is 18.2 Å². The average Bonchev–Trinajstić information content (AvgIpc) is 2.26. The minimum atomic E-state index is -0.142. The van der Waals surface area contributed by atoms with Gasteiger partial charge in [-0.15, -0.1) is 0 Å². The van der Waals surface area contributed by atoms with E-state index in [0.29, 0.717) is 15.7 Å². The van der Waals surface area contributed by atoms with E-state index in [4.69, 9.17) is 23.2 Å². The molecular weight excluding hydrogens is 285 g/mol. The zero-order valence-electron chi connectivity index (χ0n) is 11.5. The number of likely N-dealkylation sites (N-methyl/N-ethyl adjacent to an activating group) is 1. The summed E-state index contributed by atoms with van der Waals surface area (Å²) in [5.41, 5.74) is 0.626. The highest BCUT2D eigenvalue weighted by Crippen LogP contribution is 2.22. The zero-order chi connectivity index (χ0) is 14.4. The minimum Gasteiger partial charge on any atom is -0.335 e. The van der Waals surface area contributed by atoms with Crippen LogP contribution in [0.5, 0.6) is 0 Å². The fourth-order valence-electron chi connectivity index (χ4n) is 1.61. The molecule has 0 aliphatic carbocycles. The Morgan fingerprint density at radius 2 is 1.89 bits per heavy atom. The van der Waals surface area contributed by atoms with Crippen molar-refractivity contribution in [3.8, 4) is 0 Å². The molecule has 1 atom stereocenters. The van der Waals surface area contributed by atoms with Crippen molar-refractivity contribution in [3.63, 3.8) is 0 Å². The molecule has 0 aliphatic rings. The Labute approximate surface area is 124 Å². The summed E-state index contributed by atoms with van der Waals surface area (Å²) < 4.78 is 0. The van der Waals surface area contributed by atoms with Crippen LogP contribution in [0.4, 0.5) is 5.69 Å². The van der Waals surface area contributed by atoms with Crippen LogP contribution in [0.25, 0.3) is 0 Å². The molecule has 1 amide bonds. The van der Waals surface area contributed by atoms with E-state index < -0.39 is 0 Å². The highest BCUT2D eigenvalue weighted by atomic mass is 35.5. The fraction of sp³-hybridized carbons (Fsp3) is 0.462. The molecule has 0 radical (unpaired) electrons. The van der Waals surface area contributed by atoms with Crippen LogP contribution < -0.4 is 15.5 Å². The molecular formula is C13H21Cl2N3O+2. The molecule has 0 aliphatic heterocycles. The van der Waals surface area contributed by atoms with Gasteiger partial charge in [0.25, 0.3) is 5.91 Å². The summed E-state index contributed by atoms with van der Waals surface area (Å²) in [5, 5.41) is 5.86. The molecule has 0 saturated heterocycles. The second-order valence-electron chi connectivity index (χ2n) is 4.92. The lowest BCUT2D eigenvalue weighted by Gasteiger charge is -2.12. The van der Waals surface area contributed by atoms with E-state index in [9.17, 15) is 4.79 Å². The molecule has 1 rings (SSSR count). The molecule has 19 heavy (non-hydrogen) atoms. The maximum atomic E-state index is 12.0. The summed E-state index contributed by atoms with van der Waals surface area (Å²) in [6.45, 7) is 3.81. The standard InChI is InChI=1S/C13H19Cl2N3O/c1-9(16-4-5-18(2)3)13(19)17-12-7-10(14)6-11(15)8-12/h6-9,16H,4-5H2,1-3H3,(H,17,19)/p+2/t9-/m0/s1. The molecule has 0 aromatic heterocycles. The van der Waals surface area contributed by atoms with Crippen LogP contribution in [-0.2, 0) is 4.79 Å². The van der Waals surface area contributed by atoms with E-state index in [2.05, 4.69) is 19.4 Å². The van der Waals surface area contributed by atoms with E-state index in [0.717, 1.165) is 13.1 Å². The summed E-state index contributed by atoms with van der Waals surface area (Å²) in [4.78, 5) is 13.3. The predicted molar refractivity (Wildman–Crippen MR) is 79.0 cm³/mol. The third-order valence-corrected chi connectivity index (χ3v) is 3.14. The van der Waals surface area contributed by atoms with Crippen molar-refractivity contribution in [2.75, 3.05) is 32.5 Å². The molecule has 0 fully saturated rings. The predicted octanol–water partition coefficient (Wildman–Crippen LogP) is 0.0283. The van der Waals surface area contributed by atoms with Crippen LogP contribution in [0.3, 0.4) is 0 Å². The normalized spacial score (nSPS) is 12.5. The number of carbonyl (C=O) groups is 1. The third kappa shape index (κ3) is 6.25. The van der Waals surface area contributed by atoms with Gasteiger partial charge in [-0.2, -0.15) is 0 Å². The van der Waals surface area contributed by atoms with Crippen molar-refractivity contribution in [3.05, 3.63) is 28.2 Å². The first-order valence-corrected chi connectivity index (χ1v) is 7.03. The molecule has 0 heterocycles. The second-order valence-corrected chi connectivity index (χ2v) is 5.79. The van der Waals surface area contributed by atoms with Crippen LogP contribution in [-0.4, -0.2) is 39.1 Å². The number of hydrogen-bond acceptors (Lipinski definition) is 1. The Hall–Kier alpha value is -0.810. The Kier molecular flexibility index (Phi) is 6.58. The maximum absolute atomic E-state index is 12.0. The number of rotatable bonds is 6. The van der Waals surface area contributed by atoms with E-state index in [1.54, 1.807) is 18.2 Å². The lowest BCUT2D eigenvalue weighted by molar-refractivity contribution is -0.875. The number of halogens is 2. The van der Waals surface area contributed by atoms with Gasteiger partial charge < -0.3 is 15.5 Å². The van der Waals surface area contributed by atoms with E-state index in [1.807, 2.05) is 12.2 Å². The number of nitrogens with two attached hydrogens (primary N) is 1. The van der Waals surface area contributed by atoms with Crippen LogP contribution >= 0.6 is 23.2 Å². The van der Waals surface area contributed by atoms with Crippen molar-refractivity contribution in [2.45, 2.75) is 13.0 Å². The number of hydrogen-bond donors (Lipinski definition) is 3. The van der Waals surface area contributed by atoms with Gasteiger partial charge in [0, 0.05) is 15.7 Å². The molecule has 1 aromatic rings. The van der Waals surface area contributed by atoms with E-state index >= 15 is 0 Å². The monoisotopic (exact) mass is 305 g/mol. The van der Waals surface area contributed by atoms with Crippen molar-refractivity contribution in [1.29, 1.82) is 0 Å². The van der Waals surface area contributed by atoms with E-state index in [1.165, 1.54) is 4.90 Å². The summed E-state index contributed by atoms with van der Waals surface area (Å²) in [5.74, 6) is -0.0490. The lowest BCUT2D eigenvalue weighted by Crippen LogP contribution is -3.10. The number of quaternary nitrogens is 2. The summed E-state index contributed by atoms with van der Waals surface area (Å²) in [6, 6.07) is 4.86. The number of benzene rings is 1. The number of anilines is 1. The third-order valence-electron chi connectivity index (χ3n) is 2.71. The topological polar surface area (TPSA) is 50.2 Å². The minimum absolute atomic E-state index is 0.0490. The number of carbonyl (C=O) groups excluding carboxylic acids is 1. The molecule has 106 valence electrons. The lowest BCUT2D eigenvalue weighted by atomic mass is 10.2. The largest absolute Gasteiger partial charge is 0.335 e. The molecule has 4 N–H and O–H groups in total.